The van der Waals surface area contributed by atoms with Crippen LogP contribution < -0.4 is 10.6 Å². The molecule has 1 unspecified atom stereocenters. The lowest BCUT2D eigenvalue weighted by molar-refractivity contribution is 0.0329. The van der Waals surface area contributed by atoms with Crippen LogP contribution in [0.5, 0.6) is 0 Å². The van der Waals surface area contributed by atoms with Crippen LogP contribution in [0.1, 0.15) is 5.56 Å². The number of rotatable bonds is 7. The third-order valence-electron chi connectivity index (χ3n) is 3.79. The van der Waals surface area contributed by atoms with E-state index in [9.17, 15) is 9.90 Å². The van der Waals surface area contributed by atoms with Crippen molar-refractivity contribution in [2.45, 2.75) is 12.8 Å². The minimum absolute atomic E-state index is 0.391. The first-order chi connectivity index (χ1) is 12.5. The maximum absolute atomic E-state index is 12.0. The average Bonchev–Trinajstić information content (AvgIpc) is 2.63. The number of nitrogens with zero attached hydrogens (tertiary/aromatic N) is 3. The van der Waals surface area contributed by atoms with Gasteiger partial charge in [-0.25, -0.2) is 9.79 Å². The molecule has 0 spiro atoms. The Labute approximate surface area is 158 Å². The van der Waals surface area contributed by atoms with Crippen molar-refractivity contribution in [2.75, 3.05) is 34.5 Å². The molecule has 0 saturated heterocycles. The molecule has 0 aliphatic carbocycles. The maximum Gasteiger partial charge on any atom is 0.324 e. The van der Waals surface area contributed by atoms with E-state index in [2.05, 4.69) is 15.6 Å². The molecule has 0 bridgehead atoms. The topological polar surface area (TPSA) is 89.4 Å². The van der Waals surface area contributed by atoms with Crippen molar-refractivity contribution in [3.63, 3.8) is 0 Å². The van der Waals surface area contributed by atoms with E-state index in [1.54, 1.807) is 11.1 Å². The Hall–Kier alpha value is -2.29. The first-order valence-electron chi connectivity index (χ1n) is 8.14. The molecule has 1 aromatic rings. The zero-order valence-electron chi connectivity index (χ0n) is 15.1. The number of urea groups is 1. The zero-order chi connectivity index (χ0) is 19.1. The molecule has 3 N–H and O–H groups in total. The van der Waals surface area contributed by atoms with Crippen molar-refractivity contribution < 1.29 is 14.6 Å². The second-order valence-corrected chi connectivity index (χ2v) is 6.15. The molecule has 1 heterocycles. The minimum Gasteiger partial charge on any atom is -0.376 e. The molecule has 1 atom stereocenters. The molecule has 0 saturated carbocycles. The number of amides is 2. The van der Waals surface area contributed by atoms with E-state index in [0.29, 0.717) is 29.6 Å². The van der Waals surface area contributed by atoms with Gasteiger partial charge in [0.15, 0.2) is 0 Å². The third kappa shape index (κ3) is 4.87. The number of aliphatic imine (C=N–C) groups is 1. The molecule has 9 heteroatoms. The van der Waals surface area contributed by atoms with Crippen molar-refractivity contribution in [2.24, 2.45) is 4.99 Å². The van der Waals surface area contributed by atoms with Crippen LogP contribution in [-0.4, -0.2) is 68.0 Å². The molecule has 1 aliphatic heterocycles. The van der Waals surface area contributed by atoms with Gasteiger partial charge in [0.1, 0.15) is 12.6 Å². The molecule has 142 valence electrons. The van der Waals surface area contributed by atoms with Crippen LogP contribution in [-0.2, 0) is 11.2 Å². The fraction of sp³-hybridized carbons (Fsp3) is 0.412. The number of allylic oxidation sites excluding steroid dienone is 1. The highest BCUT2D eigenvalue weighted by atomic mass is 35.5. The Balaban J connectivity index is 2.05. The van der Waals surface area contributed by atoms with Gasteiger partial charge in [-0.05, 0) is 18.1 Å². The maximum atomic E-state index is 12.0. The Bertz CT molecular complexity index is 693. The van der Waals surface area contributed by atoms with E-state index in [1.807, 2.05) is 38.4 Å². The van der Waals surface area contributed by atoms with Crippen LogP contribution in [0.25, 0.3) is 0 Å². The number of hydrogen-bond donors (Lipinski definition) is 3. The fourth-order valence-corrected chi connectivity index (χ4v) is 2.64. The molecule has 0 fully saturated rings. The summed E-state index contributed by atoms with van der Waals surface area (Å²) in [5.41, 5.74) is 1.63. The third-order valence-corrected chi connectivity index (χ3v) is 4.16. The van der Waals surface area contributed by atoms with Crippen LogP contribution in [0, 0.1) is 0 Å². The lowest BCUT2D eigenvalue weighted by atomic mass is 10.2. The summed E-state index contributed by atoms with van der Waals surface area (Å²) in [6.45, 7) is -0.0953. The summed E-state index contributed by atoms with van der Waals surface area (Å²) in [6.07, 6.45) is 1.57. The fourth-order valence-electron chi connectivity index (χ4n) is 2.41. The summed E-state index contributed by atoms with van der Waals surface area (Å²) in [4.78, 5) is 19.3. The predicted octanol–water partition coefficient (Wildman–Crippen LogP) is 1.18. The second-order valence-electron chi connectivity index (χ2n) is 5.74. The van der Waals surface area contributed by atoms with E-state index in [1.165, 1.54) is 11.9 Å². The van der Waals surface area contributed by atoms with E-state index >= 15 is 0 Å². The van der Waals surface area contributed by atoms with Gasteiger partial charge in [0.2, 0.25) is 6.35 Å². The van der Waals surface area contributed by atoms with Gasteiger partial charge in [0.25, 0.3) is 0 Å². The van der Waals surface area contributed by atoms with Crippen molar-refractivity contribution in [1.29, 1.82) is 0 Å². The number of aliphatic hydroxyl groups excluding tert-OH is 1. The van der Waals surface area contributed by atoms with Crippen LogP contribution in [0.4, 0.5) is 4.79 Å². The summed E-state index contributed by atoms with van der Waals surface area (Å²) in [6, 6.07) is 7.13. The highest BCUT2D eigenvalue weighted by molar-refractivity contribution is 6.31. The van der Waals surface area contributed by atoms with Gasteiger partial charge in [0.05, 0.1) is 18.5 Å². The monoisotopic (exact) mass is 381 g/mol. The van der Waals surface area contributed by atoms with Crippen molar-refractivity contribution in [3.8, 4) is 0 Å². The van der Waals surface area contributed by atoms with Gasteiger partial charge >= 0.3 is 6.03 Å². The lowest BCUT2D eigenvalue weighted by Gasteiger charge is -2.32. The van der Waals surface area contributed by atoms with Gasteiger partial charge in [-0.3, -0.25) is 4.90 Å². The number of carbonyl (C=O) groups is 1. The Morgan fingerprint density at radius 3 is 2.77 bits per heavy atom. The van der Waals surface area contributed by atoms with Gasteiger partial charge < -0.3 is 25.4 Å². The minimum atomic E-state index is -0.671. The van der Waals surface area contributed by atoms with Crippen LogP contribution in [0.2, 0.25) is 5.02 Å². The first-order valence-corrected chi connectivity index (χ1v) is 8.52. The van der Waals surface area contributed by atoms with Crippen LogP contribution in [0.3, 0.4) is 0 Å². The Kier molecular flexibility index (Phi) is 7.26. The first kappa shape index (κ1) is 20.0. The normalized spacial score (nSPS) is 16.3. The molecular weight excluding hydrogens is 358 g/mol. The number of hydrogen-bond acceptors (Lipinski definition) is 6. The SMILES string of the molecule is CNC(=O)N(CO)C1=C(N(C)C)C=NC(OCCc2ccccc2Cl)N1. The number of aliphatic hydroxyl groups is 1. The van der Waals surface area contributed by atoms with Crippen molar-refractivity contribution in [3.05, 3.63) is 46.4 Å². The summed E-state index contributed by atoms with van der Waals surface area (Å²) >= 11 is 6.14. The summed E-state index contributed by atoms with van der Waals surface area (Å²) in [5.74, 6) is 0.412. The molecule has 2 rings (SSSR count). The number of nitrogens with one attached hydrogen (secondary N) is 2. The lowest BCUT2D eigenvalue weighted by Crippen LogP contribution is -2.48. The Morgan fingerprint density at radius 1 is 1.42 bits per heavy atom. The average molecular weight is 382 g/mol. The number of carbonyl (C=O) groups excluding carboxylic acids is 1. The second kappa shape index (κ2) is 9.42. The summed E-state index contributed by atoms with van der Waals surface area (Å²) in [7, 11) is 5.14. The Morgan fingerprint density at radius 2 is 2.15 bits per heavy atom. The molecule has 26 heavy (non-hydrogen) atoms. The van der Waals surface area contributed by atoms with Crippen molar-refractivity contribution in [1.82, 2.24) is 20.4 Å². The van der Waals surface area contributed by atoms with Crippen LogP contribution in [0.15, 0.2) is 40.8 Å². The standard InChI is InChI=1S/C17H24ClN5O3/c1-19-17(25)23(11-24)15-14(22(2)3)10-20-16(21-15)26-9-8-12-6-4-5-7-13(12)18/h4-7,10,16,21,24H,8-9,11H2,1-3H3,(H,19,25). The quantitative estimate of drug-likeness (QED) is 0.617. The molecule has 8 nitrogen and oxygen atoms in total. The molecule has 1 aliphatic rings. The smallest absolute Gasteiger partial charge is 0.324 e. The predicted molar refractivity (Wildman–Crippen MR) is 101 cm³/mol. The highest BCUT2D eigenvalue weighted by Crippen LogP contribution is 2.17. The van der Waals surface area contributed by atoms with E-state index in [4.69, 9.17) is 16.3 Å². The highest BCUT2D eigenvalue weighted by Gasteiger charge is 2.26. The van der Waals surface area contributed by atoms with E-state index < -0.39 is 19.1 Å². The van der Waals surface area contributed by atoms with Gasteiger partial charge in [-0.2, -0.15) is 0 Å². The number of halogens is 1. The van der Waals surface area contributed by atoms with E-state index in [-0.39, 0.29) is 0 Å². The van der Waals surface area contributed by atoms with E-state index in [0.717, 1.165) is 5.56 Å². The molecule has 2 amide bonds. The largest absolute Gasteiger partial charge is 0.376 e. The summed E-state index contributed by atoms with van der Waals surface area (Å²) < 4.78 is 5.75. The molecule has 0 radical (unpaired) electrons. The van der Waals surface area contributed by atoms with Gasteiger partial charge in [-0.1, -0.05) is 29.8 Å². The molecule has 1 aromatic carbocycles. The van der Waals surface area contributed by atoms with Crippen molar-refractivity contribution >= 4 is 23.8 Å². The number of ether oxygens (including phenoxy) is 1. The van der Waals surface area contributed by atoms with Gasteiger partial charge in [-0.15, -0.1) is 0 Å². The van der Waals surface area contributed by atoms with Gasteiger partial charge in [0, 0.05) is 26.2 Å². The number of benzene rings is 1. The summed E-state index contributed by atoms with van der Waals surface area (Å²) in [5, 5.41) is 15.8. The zero-order valence-corrected chi connectivity index (χ0v) is 15.8. The molecule has 0 aromatic heterocycles. The van der Waals surface area contributed by atoms with Crippen LogP contribution >= 0.6 is 11.6 Å². The molecular formula is C17H24ClN5O3.